The molecule has 1 N–H and O–H groups in total. The van der Waals surface area contributed by atoms with Gasteiger partial charge in [-0.1, -0.05) is 6.92 Å². The number of hydrogen-bond acceptors (Lipinski definition) is 2. The molecule has 78 valence electrons. The third kappa shape index (κ3) is 1.98. The molecule has 3 nitrogen and oxygen atoms in total. The van der Waals surface area contributed by atoms with Crippen molar-refractivity contribution >= 4 is 0 Å². The fourth-order valence-electron chi connectivity index (χ4n) is 1.81. The average molecular weight is 193 g/mol. The molecule has 2 atom stereocenters. The molecule has 0 aliphatic heterocycles. The van der Waals surface area contributed by atoms with Crippen LogP contribution in [0.5, 0.6) is 0 Å². The van der Waals surface area contributed by atoms with Gasteiger partial charge in [-0.3, -0.25) is 0 Å². The number of nitrogens with zero attached hydrogens (tertiary/aromatic N) is 2. The van der Waals surface area contributed by atoms with Crippen LogP contribution in [-0.2, 0) is 7.05 Å². The Morgan fingerprint density at radius 2 is 2.21 bits per heavy atom. The quantitative estimate of drug-likeness (QED) is 0.788. The van der Waals surface area contributed by atoms with Gasteiger partial charge in [-0.2, -0.15) is 0 Å². The normalized spacial score (nSPS) is 20.8. The lowest BCUT2D eigenvalue weighted by Gasteiger charge is -2.20. The maximum atomic E-state index is 4.39. The van der Waals surface area contributed by atoms with Crippen LogP contribution in [0, 0.1) is 0 Å². The maximum absolute atomic E-state index is 4.39. The number of imidazole rings is 1. The average Bonchev–Trinajstić information content (AvgIpc) is 2.86. The summed E-state index contributed by atoms with van der Waals surface area (Å²) in [5, 5.41) is 3.62. The highest BCUT2D eigenvalue weighted by atomic mass is 15.1. The third-order valence-corrected chi connectivity index (χ3v) is 3.09. The summed E-state index contributed by atoms with van der Waals surface area (Å²) in [5.41, 5.74) is 0. The number of nitrogens with one attached hydrogen (secondary N) is 1. The molecule has 0 spiro atoms. The van der Waals surface area contributed by atoms with Gasteiger partial charge in [0.25, 0.3) is 0 Å². The van der Waals surface area contributed by atoms with E-state index in [9.17, 15) is 0 Å². The van der Waals surface area contributed by atoms with E-state index in [1.165, 1.54) is 18.7 Å². The van der Waals surface area contributed by atoms with Gasteiger partial charge in [0.15, 0.2) is 0 Å². The van der Waals surface area contributed by atoms with Crippen molar-refractivity contribution in [2.24, 2.45) is 7.05 Å². The van der Waals surface area contributed by atoms with Crippen LogP contribution in [0.2, 0.25) is 0 Å². The van der Waals surface area contributed by atoms with Gasteiger partial charge in [-0.15, -0.1) is 0 Å². The Hall–Kier alpha value is -0.830. The van der Waals surface area contributed by atoms with Gasteiger partial charge in [0.05, 0.1) is 0 Å². The van der Waals surface area contributed by atoms with Crippen LogP contribution in [0.4, 0.5) is 0 Å². The molecule has 0 aromatic carbocycles. The number of rotatable bonds is 4. The third-order valence-electron chi connectivity index (χ3n) is 3.09. The fourth-order valence-corrected chi connectivity index (χ4v) is 1.81. The highest BCUT2D eigenvalue weighted by molar-refractivity contribution is 5.02. The molecule has 2 unspecified atom stereocenters. The molecule has 3 heteroatoms. The van der Waals surface area contributed by atoms with Gasteiger partial charge < -0.3 is 9.88 Å². The fraction of sp³-hybridized carbons (Fsp3) is 0.727. The van der Waals surface area contributed by atoms with Crippen LogP contribution in [0.15, 0.2) is 12.4 Å². The van der Waals surface area contributed by atoms with E-state index >= 15 is 0 Å². The first-order valence-electron chi connectivity index (χ1n) is 5.41. The van der Waals surface area contributed by atoms with Gasteiger partial charge in [-0.05, 0) is 19.8 Å². The summed E-state index contributed by atoms with van der Waals surface area (Å²) in [6, 6.07) is 1.29. The van der Waals surface area contributed by atoms with Crippen LogP contribution in [0.25, 0.3) is 0 Å². The van der Waals surface area contributed by atoms with Crippen LogP contribution in [0.1, 0.15) is 38.4 Å². The van der Waals surface area contributed by atoms with Crippen LogP contribution in [-0.4, -0.2) is 21.6 Å². The summed E-state index contributed by atoms with van der Waals surface area (Å²) in [6.07, 6.45) is 6.57. The van der Waals surface area contributed by atoms with Gasteiger partial charge in [-0.25, -0.2) is 4.98 Å². The highest BCUT2D eigenvalue weighted by Crippen LogP contribution is 2.23. The van der Waals surface area contributed by atoms with Gasteiger partial charge in [0.1, 0.15) is 5.82 Å². The monoisotopic (exact) mass is 193 g/mol. The Balaban J connectivity index is 1.99. The molecule has 0 saturated heterocycles. The minimum absolute atomic E-state index is 0.482. The lowest BCUT2D eigenvalue weighted by atomic mass is 10.0. The van der Waals surface area contributed by atoms with E-state index in [2.05, 4.69) is 35.8 Å². The predicted molar refractivity (Wildman–Crippen MR) is 57.2 cm³/mol. The van der Waals surface area contributed by atoms with Crippen molar-refractivity contribution in [1.29, 1.82) is 0 Å². The second-order valence-corrected chi connectivity index (χ2v) is 4.41. The topological polar surface area (TPSA) is 29.9 Å². The van der Waals surface area contributed by atoms with E-state index < -0.39 is 0 Å². The Morgan fingerprint density at radius 3 is 2.71 bits per heavy atom. The molecule has 1 fully saturated rings. The molecule has 1 aliphatic carbocycles. The second-order valence-electron chi connectivity index (χ2n) is 4.41. The predicted octanol–water partition coefficient (Wildman–Crippen LogP) is 1.66. The molecule has 2 rings (SSSR count). The Kier molecular flexibility index (Phi) is 2.59. The first-order valence-corrected chi connectivity index (χ1v) is 5.41. The second kappa shape index (κ2) is 3.73. The Bertz CT molecular complexity index is 301. The first kappa shape index (κ1) is 9.71. The van der Waals surface area contributed by atoms with Crippen molar-refractivity contribution in [3.8, 4) is 0 Å². The molecule has 1 aromatic rings. The minimum Gasteiger partial charge on any atom is -0.338 e. The summed E-state index contributed by atoms with van der Waals surface area (Å²) in [4.78, 5) is 4.39. The van der Waals surface area contributed by atoms with Gasteiger partial charge >= 0.3 is 0 Å². The minimum atomic E-state index is 0.482. The standard InChI is InChI=1S/C11H19N3/c1-8(9(2)13-10-4-5-10)11-12-6-7-14(11)3/h6-10,13H,4-5H2,1-3H3. The van der Waals surface area contributed by atoms with Crippen molar-refractivity contribution in [3.63, 3.8) is 0 Å². The largest absolute Gasteiger partial charge is 0.338 e. The molecule has 1 heterocycles. The Morgan fingerprint density at radius 1 is 1.50 bits per heavy atom. The SMILES string of the molecule is CC(NC1CC1)C(C)c1nccn1C. The molecule has 0 amide bonds. The highest BCUT2D eigenvalue weighted by Gasteiger charge is 2.26. The van der Waals surface area contributed by atoms with Crippen LogP contribution in [0.3, 0.4) is 0 Å². The molecule has 1 aromatic heterocycles. The summed E-state index contributed by atoms with van der Waals surface area (Å²) in [5.74, 6) is 1.65. The summed E-state index contributed by atoms with van der Waals surface area (Å²) >= 11 is 0. The van der Waals surface area contributed by atoms with Crippen LogP contribution >= 0.6 is 0 Å². The lowest BCUT2D eigenvalue weighted by Crippen LogP contribution is -2.33. The molecule has 14 heavy (non-hydrogen) atoms. The lowest BCUT2D eigenvalue weighted by molar-refractivity contribution is 0.456. The molecule has 1 aliphatic rings. The van der Waals surface area contributed by atoms with E-state index in [1.807, 2.05) is 12.4 Å². The molecule has 0 bridgehead atoms. The van der Waals surface area contributed by atoms with E-state index in [4.69, 9.17) is 0 Å². The summed E-state index contributed by atoms with van der Waals surface area (Å²) in [7, 11) is 2.06. The van der Waals surface area contributed by atoms with Gasteiger partial charge in [0.2, 0.25) is 0 Å². The summed E-state index contributed by atoms with van der Waals surface area (Å²) in [6.45, 7) is 4.49. The van der Waals surface area contributed by atoms with E-state index in [-0.39, 0.29) is 0 Å². The number of aryl methyl sites for hydroxylation is 1. The van der Waals surface area contributed by atoms with Crippen LogP contribution < -0.4 is 5.32 Å². The smallest absolute Gasteiger partial charge is 0.112 e. The van der Waals surface area contributed by atoms with E-state index in [0.717, 1.165) is 6.04 Å². The van der Waals surface area contributed by atoms with Crippen molar-refractivity contribution in [3.05, 3.63) is 18.2 Å². The van der Waals surface area contributed by atoms with Crippen molar-refractivity contribution in [2.45, 2.75) is 44.7 Å². The molecular formula is C11H19N3. The maximum Gasteiger partial charge on any atom is 0.112 e. The van der Waals surface area contributed by atoms with Crippen molar-refractivity contribution < 1.29 is 0 Å². The zero-order valence-corrected chi connectivity index (χ0v) is 9.20. The molecular weight excluding hydrogens is 174 g/mol. The van der Waals surface area contributed by atoms with E-state index in [1.54, 1.807) is 0 Å². The van der Waals surface area contributed by atoms with Gasteiger partial charge in [0, 0.05) is 37.4 Å². The summed E-state index contributed by atoms with van der Waals surface area (Å²) < 4.78 is 2.11. The van der Waals surface area contributed by atoms with Crippen molar-refractivity contribution in [2.75, 3.05) is 0 Å². The van der Waals surface area contributed by atoms with E-state index in [0.29, 0.717) is 12.0 Å². The number of hydrogen-bond donors (Lipinski definition) is 1. The first-order chi connectivity index (χ1) is 6.68. The molecule has 1 saturated carbocycles. The van der Waals surface area contributed by atoms with Crippen molar-refractivity contribution in [1.82, 2.24) is 14.9 Å². The molecule has 0 radical (unpaired) electrons. The Labute approximate surface area is 85.5 Å². The zero-order valence-electron chi connectivity index (χ0n) is 9.20. The zero-order chi connectivity index (χ0) is 10.1. The number of aromatic nitrogens is 2.